The Kier molecular flexibility index (Phi) is 5.81. The molecular weight excluding hydrogens is 330 g/mol. The van der Waals surface area contributed by atoms with Gasteiger partial charge >= 0.3 is 0 Å². The number of hydrogen-bond acceptors (Lipinski definition) is 8. The molecule has 0 atom stereocenters. The molecule has 0 saturated carbocycles. The number of carbonyl (C=O) groups excluding carboxylic acids is 1. The molecule has 1 aliphatic heterocycles. The molecule has 11 heteroatoms. The lowest BCUT2D eigenvalue weighted by atomic mass is 10.4. The monoisotopic (exact) mass is 349 g/mol. The van der Waals surface area contributed by atoms with E-state index in [0.29, 0.717) is 26.3 Å². The summed E-state index contributed by atoms with van der Waals surface area (Å²) < 4.78 is 31.1. The number of amides is 1. The van der Waals surface area contributed by atoms with Gasteiger partial charge in [0.2, 0.25) is 15.4 Å². The highest BCUT2D eigenvalue weighted by Crippen LogP contribution is 2.22. The first-order valence-corrected chi connectivity index (χ1v) is 9.03. The van der Waals surface area contributed by atoms with Crippen molar-refractivity contribution < 1.29 is 17.9 Å². The summed E-state index contributed by atoms with van der Waals surface area (Å²) in [4.78, 5) is 13.1. The molecule has 124 valence electrons. The van der Waals surface area contributed by atoms with Gasteiger partial charge in [-0.05, 0) is 0 Å². The molecule has 1 aromatic heterocycles. The van der Waals surface area contributed by atoms with Gasteiger partial charge in [0.15, 0.2) is 0 Å². The molecule has 2 rings (SSSR count). The van der Waals surface area contributed by atoms with Gasteiger partial charge in [0.05, 0.1) is 13.2 Å². The summed E-state index contributed by atoms with van der Waals surface area (Å²) in [6, 6.07) is 0. The zero-order chi connectivity index (χ0) is 16.2. The van der Waals surface area contributed by atoms with E-state index >= 15 is 0 Å². The van der Waals surface area contributed by atoms with E-state index < -0.39 is 10.0 Å². The van der Waals surface area contributed by atoms with Gasteiger partial charge in [0, 0.05) is 40.2 Å². The standard InChI is InChI=1S/C11H19N5O4S2/c1-9(17)12-10-13-14-11(21-10)22(18,19)15(2)3-4-16-5-7-20-8-6-16/h3-8H2,1-2H3,(H,12,13,17). The molecule has 1 fully saturated rings. The molecule has 1 aromatic rings. The smallest absolute Gasteiger partial charge is 0.272 e. The Morgan fingerprint density at radius 1 is 1.41 bits per heavy atom. The average Bonchev–Trinajstić information content (AvgIpc) is 2.94. The van der Waals surface area contributed by atoms with Gasteiger partial charge in [0.1, 0.15) is 0 Å². The topological polar surface area (TPSA) is 105 Å². The second-order valence-electron chi connectivity index (χ2n) is 4.83. The summed E-state index contributed by atoms with van der Waals surface area (Å²) in [5.74, 6) is -0.319. The fraction of sp³-hybridized carbons (Fsp3) is 0.727. The molecule has 1 N–H and O–H groups in total. The Labute approximate surface area is 133 Å². The Morgan fingerprint density at radius 2 is 2.09 bits per heavy atom. The summed E-state index contributed by atoms with van der Waals surface area (Å²) in [6.45, 7) is 5.27. The summed E-state index contributed by atoms with van der Waals surface area (Å²) in [6.07, 6.45) is 0. The third-order valence-electron chi connectivity index (χ3n) is 3.16. The van der Waals surface area contributed by atoms with E-state index in [2.05, 4.69) is 20.4 Å². The Balaban J connectivity index is 1.95. The number of hydrogen-bond donors (Lipinski definition) is 1. The summed E-state index contributed by atoms with van der Waals surface area (Å²) in [5, 5.41) is 9.90. The minimum Gasteiger partial charge on any atom is -0.379 e. The van der Waals surface area contributed by atoms with Gasteiger partial charge in [0.25, 0.3) is 10.0 Å². The fourth-order valence-electron chi connectivity index (χ4n) is 1.88. The number of aromatic nitrogens is 2. The van der Waals surface area contributed by atoms with Crippen LogP contribution in [0.25, 0.3) is 0 Å². The first-order valence-electron chi connectivity index (χ1n) is 6.77. The van der Waals surface area contributed by atoms with Crippen molar-refractivity contribution in [3.63, 3.8) is 0 Å². The van der Waals surface area contributed by atoms with Crippen LogP contribution in [0.3, 0.4) is 0 Å². The molecule has 22 heavy (non-hydrogen) atoms. The van der Waals surface area contributed by atoms with E-state index in [-0.39, 0.29) is 15.4 Å². The normalized spacial score (nSPS) is 16.9. The summed E-state index contributed by atoms with van der Waals surface area (Å²) in [7, 11) is -2.18. The van der Waals surface area contributed by atoms with Crippen molar-refractivity contribution >= 4 is 32.4 Å². The van der Waals surface area contributed by atoms with Crippen LogP contribution in [0.2, 0.25) is 0 Å². The van der Waals surface area contributed by atoms with Gasteiger partial charge in [-0.2, -0.15) is 4.31 Å². The maximum Gasteiger partial charge on any atom is 0.272 e. The third-order valence-corrected chi connectivity index (χ3v) is 6.20. The molecule has 0 radical (unpaired) electrons. The summed E-state index contributed by atoms with van der Waals surface area (Å²) >= 11 is 0.841. The lowest BCUT2D eigenvalue weighted by molar-refractivity contribution is -0.114. The molecule has 1 saturated heterocycles. The number of rotatable bonds is 6. The quantitative estimate of drug-likeness (QED) is 0.687. The van der Waals surface area contributed by atoms with Gasteiger partial charge in [-0.1, -0.05) is 11.3 Å². The highest BCUT2D eigenvalue weighted by molar-refractivity contribution is 7.91. The molecule has 0 aliphatic carbocycles. The predicted molar refractivity (Wildman–Crippen MR) is 81.3 cm³/mol. The highest BCUT2D eigenvalue weighted by atomic mass is 32.2. The van der Waals surface area contributed by atoms with Crippen molar-refractivity contribution in [3.8, 4) is 0 Å². The number of nitrogens with one attached hydrogen (secondary N) is 1. The van der Waals surface area contributed by atoms with Gasteiger partial charge in [-0.15, -0.1) is 10.2 Å². The molecule has 1 amide bonds. The zero-order valence-corrected chi connectivity index (χ0v) is 14.1. The number of nitrogens with zero attached hydrogens (tertiary/aromatic N) is 4. The SMILES string of the molecule is CC(=O)Nc1nnc(S(=O)(=O)N(C)CCN2CCOCC2)s1. The maximum atomic E-state index is 12.4. The van der Waals surface area contributed by atoms with E-state index in [4.69, 9.17) is 4.74 Å². The Hall–Kier alpha value is -1.14. The van der Waals surface area contributed by atoms with E-state index in [1.807, 2.05) is 0 Å². The van der Waals surface area contributed by atoms with Crippen LogP contribution in [0.15, 0.2) is 4.34 Å². The van der Waals surface area contributed by atoms with Crippen LogP contribution in [0.1, 0.15) is 6.92 Å². The van der Waals surface area contributed by atoms with Crippen LogP contribution < -0.4 is 5.32 Å². The lowest BCUT2D eigenvalue weighted by Gasteiger charge is -2.28. The Morgan fingerprint density at radius 3 is 2.73 bits per heavy atom. The van der Waals surface area contributed by atoms with Crippen LogP contribution in [0.4, 0.5) is 5.13 Å². The number of anilines is 1. The van der Waals surface area contributed by atoms with Crippen LogP contribution in [0, 0.1) is 0 Å². The second kappa shape index (κ2) is 7.42. The second-order valence-corrected chi connectivity index (χ2v) is 8.03. The largest absolute Gasteiger partial charge is 0.379 e. The molecule has 0 bridgehead atoms. The first-order chi connectivity index (χ1) is 10.4. The van der Waals surface area contributed by atoms with E-state index in [9.17, 15) is 13.2 Å². The zero-order valence-electron chi connectivity index (χ0n) is 12.5. The molecule has 0 aromatic carbocycles. The first kappa shape index (κ1) is 17.2. The molecule has 1 aliphatic rings. The minimum atomic E-state index is -3.69. The molecular formula is C11H19N5O4S2. The van der Waals surface area contributed by atoms with Crippen LogP contribution in [-0.4, -0.2) is 80.2 Å². The maximum absolute atomic E-state index is 12.4. The van der Waals surface area contributed by atoms with Gasteiger partial charge in [-0.3, -0.25) is 9.69 Å². The van der Waals surface area contributed by atoms with E-state index in [0.717, 1.165) is 24.4 Å². The van der Waals surface area contributed by atoms with Crippen molar-refractivity contribution in [1.29, 1.82) is 0 Å². The van der Waals surface area contributed by atoms with Crippen molar-refractivity contribution in [2.24, 2.45) is 0 Å². The van der Waals surface area contributed by atoms with Gasteiger partial charge in [-0.25, -0.2) is 8.42 Å². The highest BCUT2D eigenvalue weighted by Gasteiger charge is 2.26. The van der Waals surface area contributed by atoms with Crippen molar-refractivity contribution in [2.45, 2.75) is 11.3 Å². The van der Waals surface area contributed by atoms with Crippen molar-refractivity contribution in [3.05, 3.63) is 0 Å². The molecule has 0 unspecified atom stereocenters. The molecule has 2 heterocycles. The number of likely N-dealkylation sites (N-methyl/N-ethyl adjacent to an activating group) is 1. The molecule has 9 nitrogen and oxygen atoms in total. The van der Waals surface area contributed by atoms with Crippen LogP contribution >= 0.6 is 11.3 Å². The molecule has 0 spiro atoms. The fourth-order valence-corrected chi connectivity index (χ4v) is 4.17. The number of sulfonamides is 1. The van der Waals surface area contributed by atoms with Crippen molar-refractivity contribution in [1.82, 2.24) is 19.4 Å². The average molecular weight is 349 g/mol. The van der Waals surface area contributed by atoms with Crippen LogP contribution in [0.5, 0.6) is 0 Å². The van der Waals surface area contributed by atoms with Crippen LogP contribution in [-0.2, 0) is 19.6 Å². The number of ether oxygens (including phenoxy) is 1. The Bertz CT molecular complexity index is 612. The third kappa shape index (κ3) is 4.43. The van der Waals surface area contributed by atoms with Gasteiger partial charge < -0.3 is 10.1 Å². The minimum absolute atomic E-state index is 0.124. The predicted octanol–water partition coefficient (Wildman–Crippen LogP) is -0.551. The van der Waals surface area contributed by atoms with Crippen molar-refractivity contribution in [2.75, 3.05) is 51.8 Å². The van der Waals surface area contributed by atoms with E-state index in [1.165, 1.54) is 18.3 Å². The summed E-state index contributed by atoms with van der Waals surface area (Å²) in [5.41, 5.74) is 0. The number of morpholine rings is 1. The number of carbonyl (C=O) groups is 1. The lowest BCUT2D eigenvalue weighted by Crippen LogP contribution is -2.41. The van der Waals surface area contributed by atoms with E-state index in [1.54, 1.807) is 0 Å².